The van der Waals surface area contributed by atoms with Crippen molar-refractivity contribution in [2.24, 2.45) is 0 Å². The van der Waals surface area contributed by atoms with Crippen LogP contribution in [0.2, 0.25) is 0 Å². The van der Waals surface area contributed by atoms with Crippen molar-refractivity contribution in [3.63, 3.8) is 0 Å². The highest BCUT2D eigenvalue weighted by molar-refractivity contribution is 5.68. The number of hydrogen-bond acceptors (Lipinski definition) is 9. The summed E-state index contributed by atoms with van der Waals surface area (Å²) in [6.45, 7) is 5.77. The van der Waals surface area contributed by atoms with Gasteiger partial charge in [-0.25, -0.2) is 0 Å². The minimum atomic E-state index is 0.314. The van der Waals surface area contributed by atoms with Crippen LogP contribution in [0.3, 0.4) is 0 Å². The van der Waals surface area contributed by atoms with E-state index in [1.165, 1.54) is 66.3 Å². The Kier molecular flexibility index (Phi) is 12.1. The van der Waals surface area contributed by atoms with E-state index in [4.69, 9.17) is 33.7 Å². The fourth-order valence-corrected chi connectivity index (χ4v) is 9.07. The summed E-state index contributed by atoms with van der Waals surface area (Å²) in [5.41, 5.74) is 11.6. The van der Waals surface area contributed by atoms with Crippen molar-refractivity contribution >= 4 is 5.69 Å². The van der Waals surface area contributed by atoms with Gasteiger partial charge in [-0.2, -0.15) is 0 Å². The van der Waals surface area contributed by atoms with Gasteiger partial charge in [0.2, 0.25) is 0 Å². The van der Waals surface area contributed by atoms with Crippen LogP contribution in [-0.4, -0.2) is 69.5 Å². The topological polar surface area (TPSA) is 78.4 Å². The quantitative estimate of drug-likeness (QED) is 0.103. The zero-order valence-electron chi connectivity index (χ0n) is 35.1. The Morgan fingerprint density at radius 1 is 0.603 bits per heavy atom. The minimum absolute atomic E-state index is 0.314. The molecule has 2 aliphatic carbocycles. The first-order chi connectivity index (χ1) is 28.4. The molecular weight excluding hydrogens is 725 g/mol. The molecule has 0 radical (unpaired) electrons. The van der Waals surface area contributed by atoms with Gasteiger partial charge in [-0.05, 0) is 128 Å². The summed E-state index contributed by atoms with van der Waals surface area (Å²) in [6, 6.07) is 24.1. The van der Waals surface area contributed by atoms with Gasteiger partial charge in [0.1, 0.15) is 17.2 Å². The molecule has 3 aliphatic rings. The van der Waals surface area contributed by atoms with Gasteiger partial charge >= 0.3 is 0 Å². The van der Waals surface area contributed by atoms with Crippen molar-refractivity contribution in [3.05, 3.63) is 107 Å². The lowest BCUT2D eigenvalue weighted by atomic mass is 9.77. The number of ether oxygens (including phenoxy) is 5. The van der Waals surface area contributed by atoms with Crippen molar-refractivity contribution < 1.29 is 23.7 Å². The van der Waals surface area contributed by atoms with E-state index < -0.39 is 0 Å². The molecule has 3 fully saturated rings. The predicted molar refractivity (Wildman–Crippen MR) is 231 cm³/mol. The van der Waals surface area contributed by atoms with Crippen molar-refractivity contribution in [1.82, 2.24) is 14.9 Å². The molecule has 1 saturated heterocycles. The number of aromatic nitrogens is 2. The molecule has 1 aliphatic heterocycles. The lowest BCUT2D eigenvalue weighted by Gasteiger charge is -2.40. The van der Waals surface area contributed by atoms with E-state index in [2.05, 4.69) is 77.4 Å². The third-order valence-corrected chi connectivity index (χ3v) is 12.9. The average molecular weight is 783 g/mol. The van der Waals surface area contributed by atoms with Gasteiger partial charge in [0.25, 0.3) is 0 Å². The second-order valence-electron chi connectivity index (χ2n) is 16.3. The molecule has 0 atom stereocenters. The fraction of sp³-hybridized carbons (Fsp3) is 0.429. The second kappa shape index (κ2) is 17.7. The minimum Gasteiger partial charge on any atom is -0.497 e. The molecule has 9 nitrogen and oxygen atoms in total. The number of benzene rings is 3. The van der Waals surface area contributed by atoms with Crippen molar-refractivity contribution in [2.45, 2.75) is 89.3 Å². The van der Waals surface area contributed by atoms with E-state index in [1.807, 2.05) is 18.5 Å². The van der Waals surface area contributed by atoms with Crippen LogP contribution in [0.1, 0.15) is 91.0 Å². The van der Waals surface area contributed by atoms with E-state index in [0.29, 0.717) is 17.9 Å². The van der Waals surface area contributed by atoms with Gasteiger partial charge in [-0.15, -0.1) is 0 Å². The van der Waals surface area contributed by atoms with E-state index in [9.17, 15) is 0 Å². The first-order valence-electron chi connectivity index (χ1n) is 20.9. The number of hydrogen-bond donors (Lipinski definition) is 0. The Morgan fingerprint density at radius 2 is 1.17 bits per heavy atom. The monoisotopic (exact) mass is 782 g/mol. The number of pyridine rings is 2. The zero-order chi connectivity index (χ0) is 40.2. The zero-order valence-corrected chi connectivity index (χ0v) is 35.1. The maximum Gasteiger partial charge on any atom is 0.164 e. The lowest BCUT2D eigenvalue weighted by Crippen LogP contribution is -2.44. The normalized spacial score (nSPS) is 16.3. The molecule has 9 heteroatoms. The van der Waals surface area contributed by atoms with Crippen LogP contribution in [-0.2, 0) is 13.1 Å². The van der Waals surface area contributed by atoms with Crippen molar-refractivity contribution in [3.8, 4) is 51.3 Å². The van der Waals surface area contributed by atoms with Crippen LogP contribution in [0, 0.1) is 6.92 Å². The summed E-state index contributed by atoms with van der Waals surface area (Å²) in [6.07, 6.45) is 13.3. The Hall–Kier alpha value is -5.28. The molecule has 2 aromatic heterocycles. The van der Waals surface area contributed by atoms with Gasteiger partial charge in [0.05, 0.1) is 46.9 Å². The molecule has 304 valence electrons. The van der Waals surface area contributed by atoms with Crippen LogP contribution >= 0.6 is 0 Å². The largest absolute Gasteiger partial charge is 0.497 e. The van der Waals surface area contributed by atoms with Crippen molar-refractivity contribution in [1.29, 1.82) is 0 Å². The summed E-state index contributed by atoms with van der Waals surface area (Å²) in [7, 11) is 8.64. The van der Waals surface area contributed by atoms with Crippen LogP contribution in [0.25, 0.3) is 22.5 Å². The summed E-state index contributed by atoms with van der Waals surface area (Å²) in [5, 5.41) is 0. The number of rotatable bonds is 15. The number of anilines is 1. The number of likely N-dealkylation sites (tertiary alicyclic amines) is 1. The smallest absolute Gasteiger partial charge is 0.164 e. The molecule has 2 saturated carbocycles. The van der Waals surface area contributed by atoms with Gasteiger partial charge < -0.3 is 28.6 Å². The van der Waals surface area contributed by atoms with Crippen LogP contribution in [0.15, 0.2) is 79.1 Å². The van der Waals surface area contributed by atoms with Gasteiger partial charge in [0.15, 0.2) is 11.5 Å². The molecular formula is C49H58N4O5. The van der Waals surface area contributed by atoms with Gasteiger partial charge in [-0.3, -0.25) is 14.9 Å². The maximum atomic E-state index is 5.85. The molecule has 3 aromatic carbocycles. The fourth-order valence-electron chi connectivity index (χ4n) is 9.07. The SMILES string of the molecule is COc1cc(OC)cc(N(Cc2ccnc(-c3cc(OC)c(OC)c(C4CCC4)c3)c2)C2CCN(Cc3ccnc(-c4cc(OC)c(C)c(C5CCC5)c4)c3)CC2)c1. The number of methoxy groups -OCH3 is 5. The highest BCUT2D eigenvalue weighted by Crippen LogP contribution is 2.47. The Bertz CT molecular complexity index is 2190. The van der Waals surface area contributed by atoms with Gasteiger partial charge in [0, 0.05) is 85.2 Å². The lowest BCUT2D eigenvalue weighted by molar-refractivity contribution is 0.201. The van der Waals surface area contributed by atoms with Gasteiger partial charge in [-0.1, -0.05) is 12.8 Å². The standard InChI is InChI=1S/C49H58N4O5/c1-32-43(35-9-7-10-35)23-37(25-47(32)56-4)45-21-33(13-17-50-45)30-52-19-15-39(16-20-52)53(40-27-41(54-2)29-42(28-40)55-3)31-34-14-18-51-46(22-34)38-24-44(36-11-8-12-36)49(58-6)48(26-38)57-5/h13-14,17-18,21-29,35-36,39H,7-12,15-16,19-20,30-31H2,1-6H3. The Labute approximate surface area is 344 Å². The summed E-state index contributed by atoms with van der Waals surface area (Å²) < 4.78 is 29.0. The molecule has 3 heterocycles. The first kappa shape index (κ1) is 39.5. The molecule has 58 heavy (non-hydrogen) atoms. The van der Waals surface area contributed by atoms with Crippen molar-refractivity contribution in [2.75, 3.05) is 53.5 Å². The highest BCUT2D eigenvalue weighted by atomic mass is 16.5. The summed E-state index contributed by atoms with van der Waals surface area (Å²) in [4.78, 5) is 14.8. The average Bonchev–Trinajstić information content (AvgIpc) is 3.22. The third-order valence-electron chi connectivity index (χ3n) is 12.9. The van der Waals surface area contributed by atoms with Crippen LogP contribution in [0.4, 0.5) is 5.69 Å². The van der Waals surface area contributed by atoms with Crippen LogP contribution in [0.5, 0.6) is 28.7 Å². The molecule has 0 spiro atoms. The van der Waals surface area contributed by atoms with E-state index in [0.717, 1.165) is 96.0 Å². The van der Waals surface area contributed by atoms with Crippen LogP contribution < -0.4 is 28.6 Å². The predicted octanol–water partition coefficient (Wildman–Crippen LogP) is 10.4. The third kappa shape index (κ3) is 8.33. The first-order valence-corrected chi connectivity index (χ1v) is 20.9. The Balaban J connectivity index is 1.02. The molecule has 8 rings (SSSR count). The number of nitrogens with zero attached hydrogens (tertiary/aromatic N) is 4. The van der Waals surface area contributed by atoms with E-state index >= 15 is 0 Å². The number of piperidine rings is 1. The molecule has 0 N–H and O–H groups in total. The van der Waals surface area contributed by atoms with E-state index in [1.54, 1.807) is 35.5 Å². The molecule has 5 aromatic rings. The highest BCUT2D eigenvalue weighted by Gasteiger charge is 2.29. The molecule has 0 amide bonds. The Morgan fingerprint density at radius 3 is 1.74 bits per heavy atom. The molecule has 0 bridgehead atoms. The maximum absolute atomic E-state index is 5.85. The molecule has 0 unspecified atom stereocenters. The summed E-state index contributed by atoms with van der Waals surface area (Å²) in [5.74, 6) is 5.21. The van der Waals surface area contributed by atoms with E-state index in [-0.39, 0.29) is 0 Å². The second-order valence-corrected chi connectivity index (χ2v) is 16.3. The summed E-state index contributed by atoms with van der Waals surface area (Å²) >= 11 is 0.